The van der Waals surface area contributed by atoms with E-state index in [9.17, 15) is 4.79 Å². The number of nitrogens with zero attached hydrogens (tertiary/aromatic N) is 6. The van der Waals surface area contributed by atoms with E-state index in [1.807, 2.05) is 44.3 Å². The number of anilines is 1. The molecule has 0 aliphatic carbocycles. The molecule has 1 spiro atoms. The molecule has 0 saturated carbocycles. The van der Waals surface area contributed by atoms with E-state index in [1.54, 1.807) is 28.1 Å². The number of oxime groups is 1. The molecule has 9 nitrogen and oxygen atoms in total. The predicted octanol–water partition coefficient (Wildman–Crippen LogP) is 3.18. The first kappa shape index (κ1) is 22.1. The monoisotopic (exact) mass is 460 g/mol. The molecule has 4 heterocycles. The highest BCUT2D eigenvalue weighted by atomic mass is 16.7. The molecule has 0 bridgehead atoms. The van der Waals surface area contributed by atoms with Crippen LogP contribution in [0.5, 0.6) is 0 Å². The summed E-state index contributed by atoms with van der Waals surface area (Å²) in [6.45, 7) is 4.28. The fourth-order valence-corrected chi connectivity index (χ4v) is 4.53. The summed E-state index contributed by atoms with van der Waals surface area (Å²) >= 11 is 0. The fraction of sp³-hybridized carbons (Fsp3) is 0.360. The van der Waals surface area contributed by atoms with Crippen LogP contribution in [-0.2, 0) is 23.2 Å². The van der Waals surface area contributed by atoms with Gasteiger partial charge < -0.3 is 23.9 Å². The molecule has 2 aliphatic rings. The van der Waals surface area contributed by atoms with E-state index in [2.05, 4.69) is 32.2 Å². The molecule has 176 valence electrons. The fourth-order valence-electron chi connectivity index (χ4n) is 4.53. The van der Waals surface area contributed by atoms with Gasteiger partial charge in [0.2, 0.25) is 11.6 Å². The van der Waals surface area contributed by atoms with E-state index >= 15 is 0 Å². The number of hydrogen-bond donors (Lipinski definition) is 0. The Kier molecular flexibility index (Phi) is 6.02. The van der Waals surface area contributed by atoms with Gasteiger partial charge in [0.1, 0.15) is 5.69 Å². The second kappa shape index (κ2) is 9.26. The van der Waals surface area contributed by atoms with Gasteiger partial charge in [-0.1, -0.05) is 35.5 Å². The van der Waals surface area contributed by atoms with Crippen molar-refractivity contribution in [1.29, 1.82) is 0 Å². The summed E-state index contributed by atoms with van der Waals surface area (Å²) in [5, 5.41) is 4.49. The van der Waals surface area contributed by atoms with Crippen LogP contribution in [0.2, 0.25) is 0 Å². The Labute approximate surface area is 198 Å². The normalized spacial score (nSPS) is 16.9. The van der Waals surface area contributed by atoms with E-state index < -0.39 is 5.72 Å². The van der Waals surface area contributed by atoms with Crippen molar-refractivity contribution in [1.82, 2.24) is 19.4 Å². The van der Waals surface area contributed by atoms with Crippen molar-refractivity contribution < 1.29 is 14.4 Å². The van der Waals surface area contributed by atoms with Crippen LogP contribution in [0, 0.1) is 0 Å². The molecule has 1 amide bonds. The van der Waals surface area contributed by atoms with Gasteiger partial charge in [0, 0.05) is 39.2 Å². The summed E-state index contributed by atoms with van der Waals surface area (Å²) in [6.07, 6.45) is 6.38. The number of carbonyl (C=O) groups is 1. The maximum Gasteiger partial charge on any atom is 0.276 e. The summed E-state index contributed by atoms with van der Waals surface area (Å²) in [7, 11) is 1.84. The topological polar surface area (TPSA) is 85.1 Å². The van der Waals surface area contributed by atoms with Crippen molar-refractivity contribution in [2.24, 2.45) is 12.2 Å². The van der Waals surface area contributed by atoms with E-state index in [-0.39, 0.29) is 5.91 Å². The number of carbonyl (C=O) groups excluding carboxylic acids is 1. The number of amidine groups is 1. The van der Waals surface area contributed by atoms with Crippen LogP contribution in [0.4, 0.5) is 5.69 Å². The third-order valence-electron chi connectivity index (χ3n) is 6.43. The van der Waals surface area contributed by atoms with Gasteiger partial charge in [0.05, 0.1) is 31.3 Å². The second-order valence-electron chi connectivity index (χ2n) is 8.42. The van der Waals surface area contributed by atoms with Gasteiger partial charge in [0.15, 0.2) is 5.82 Å². The summed E-state index contributed by atoms with van der Waals surface area (Å²) < 4.78 is 7.39. The zero-order chi connectivity index (χ0) is 23.5. The minimum absolute atomic E-state index is 0.147. The number of benzene rings is 1. The number of amides is 1. The van der Waals surface area contributed by atoms with Gasteiger partial charge in [-0.15, -0.1) is 0 Å². The molecule has 9 heteroatoms. The smallest absolute Gasteiger partial charge is 0.276 e. The standard InChI is InChI=1S/C25H28N6O3/c1-3-30(20-10-7-13-26-16-20)24(32)21-17-27-22(29(21)2)23-28-34-25(11-14-33-15-12-25)31(23)18-19-8-5-4-6-9-19/h4-10,13,16-17H,3,11-12,14-15,18H2,1-2H3. The zero-order valence-corrected chi connectivity index (χ0v) is 19.4. The molecule has 0 atom stereocenters. The average Bonchev–Trinajstić information content (AvgIpc) is 3.41. The molecule has 0 unspecified atom stereocenters. The van der Waals surface area contributed by atoms with Crippen LogP contribution in [-0.4, -0.2) is 56.7 Å². The molecule has 1 aromatic carbocycles. The van der Waals surface area contributed by atoms with Crippen molar-refractivity contribution in [2.75, 3.05) is 24.7 Å². The molecule has 2 aromatic heterocycles. The summed E-state index contributed by atoms with van der Waals surface area (Å²) in [6, 6.07) is 13.9. The van der Waals surface area contributed by atoms with Crippen LogP contribution in [0.25, 0.3) is 0 Å². The molecule has 34 heavy (non-hydrogen) atoms. The van der Waals surface area contributed by atoms with Gasteiger partial charge in [-0.3, -0.25) is 9.78 Å². The van der Waals surface area contributed by atoms with Gasteiger partial charge in [-0.05, 0) is 24.6 Å². The number of pyridine rings is 1. The van der Waals surface area contributed by atoms with Crippen molar-refractivity contribution in [3.05, 3.63) is 78.1 Å². The van der Waals surface area contributed by atoms with Gasteiger partial charge in [-0.25, -0.2) is 4.98 Å². The van der Waals surface area contributed by atoms with Crippen LogP contribution >= 0.6 is 0 Å². The van der Waals surface area contributed by atoms with Gasteiger partial charge in [-0.2, -0.15) is 0 Å². The number of hydrogen-bond acceptors (Lipinski definition) is 7. The molecule has 3 aromatic rings. The Morgan fingerprint density at radius 1 is 1.12 bits per heavy atom. The third kappa shape index (κ3) is 3.92. The lowest BCUT2D eigenvalue weighted by Crippen LogP contribution is -2.52. The van der Waals surface area contributed by atoms with Gasteiger partial charge >= 0.3 is 0 Å². The molecule has 2 aliphatic heterocycles. The minimum atomic E-state index is -0.579. The second-order valence-corrected chi connectivity index (χ2v) is 8.42. The molecule has 0 radical (unpaired) electrons. The average molecular weight is 461 g/mol. The van der Waals surface area contributed by atoms with Crippen molar-refractivity contribution >= 4 is 17.4 Å². The van der Waals surface area contributed by atoms with Crippen LogP contribution in [0.1, 0.15) is 41.6 Å². The Bertz CT molecular complexity index is 1170. The first-order valence-electron chi connectivity index (χ1n) is 11.5. The molecular formula is C25H28N6O3. The number of aromatic nitrogens is 3. The van der Waals surface area contributed by atoms with Crippen LogP contribution in [0.15, 0.2) is 66.2 Å². The molecule has 0 N–H and O–H groups in total. The maximum atomic E-state index is 13.4. The van der Waals surface area contributed by atoms with E-state index in [0.717, 1.165) is 11.3 Å². The summed E-state index contributed by atoms with van der Waals surface area (Å²) in [4.78, 5) is 32.1. The lowest BCUT2D eigenvalue weighted by Gasteiger charge is -2.39. The van der Waals surface area contributed by atoms with E-state index in [0.29, 0.717) is 56.5 Å². The minimum Gasteiger partial charge on any atom is -0.381 e. The maximum absolute atomic E-state index is 13.4. The molecule has 5 rings (SSSR count). The Hall–Kier alpha value is -3.72. The highest BCUT2D eigenvalue weighted by Crippen LogP contribution is 2.37. The third-order valence-corrected chi connectivity index (χ3v) is 6.43. The Balaban J connectivity index is 1.47. The lowest BCUT2D eigenvalue weighted by atomic mass is 10.0. The summed E-state index contributed by atoms with van der Waals surface area (Å²) in [5.41, 5.74) is 1.78. The predicted molar refractivity (Wildman–Crippen MR) is 127 cm³/mol. The number of ether oxygens (including phenoxy) is 1. The summed E-state index contributed by atoms with van der Waals surface area (Å²) in [5.74, 6) is 1.06. The Morgan fingerprint density at radius 3 is 2.62 bits per heavy atom. The largest absolute Gasteiger partial charge is 0.381 e. The quantitative estimate of drug-likeness (QED) is 0.562. The Morgan fingerprint density at radius 2 is 1.91 bits per heavy atom. The molecule has 1 fully saturated rings. The van der Waals surface area contributed by atoms with Crippen molar-refractivity contribution in [3.63, 3.8) is 0 Å². The lowest BCUT2D eigenvalue weighted by molar-refractivity contribution is -0.156. The highest BCUT2D eigenvalue weighted by molar-refractivity contribution is 6.06. The van der Waals surface area contributed by atoms with E-state index in [4.69, 9.17) is 9.57 Å². The van der Waals surface area contributed by atoms with Crippen LogP contribution < -0.4 is 4.90 Å². The SMILES string of the molecule is CCN(C(=O)c1cnc(C2=NOC3(CCOCC3)N2Cc2ccccc2)n1C)c1cccnc1. The first-order valence-corrected chi connectivity index (χ1v) is 11.5. The number of imidazole rings is 1. The van der Waals surface area contributed by atoms with E-state index in [1.165, 1.54) is 0 Å². The van der Waals surface area contributed by atoms with Crippen molar-refractivity contribution in [3.8, 4) is 0 Å². The van der Waals surface area contributed by atoms with Crippen molar-refractivity contribution in [2.45, 2.75) is 32.0 Å². The van der Waals surface area contributed by atoms with Crippen LogP contribution in [0.3, 0.4) is 0 Å². The zero-order valence-electron chi connectivity index (χ0n) is 19.4. The number of rotatable bonds is 6. The van der Waals surface area contributed by atoms with Gasteiger partial charge in [0.25, 0.3) is 5.91 Å². The highest BCUT2D eigenvalue weighted by Gasteiger charge is 2.48. The molecule has 1 saturated heterocycles. The molecular weight excluding hydrogens is 432 g/mol. The first-order chi connectivity index (χ1) is 16.6.